The summed E-state index contributed by atoms with van der Waals surface area (Å²) in [6.07, 6.45) is 4.09. The maximum Gasteiger partial charge on any atom is 0.227 e. The fourth-order valence-corrected chi connectivity index (χ4v) is 3.69. The van der Waals surface area contributed by atoms with Crippen molar-refractivity contribution in [1.82, 2.24) is 14.9 Å². The third-order valence-electron chi connectivity index (χ3n) is 5.22. The molecule has 134 valence electrons. The first-order valence-corrected chi connectivity index (χ1v) is 9.13. The lowest BCUT2D eigenvalue weighted by Crippen LogP contribution is -2.49. The molecule has 0 spiro atoms. The minimum Gasteiger partial charge on any atom is -0.368 e. The molecule has 3 aromatic rings. The molecule has 0 unspecified atom stereocenters. The van der Waals surface area contributed by atoms with Crippen LogP contribution in [0.5, 0.6) is 0 Å². The lowest BCUT2D eigenvalue weighted by Gasteiger charge is -2.37. The van der Waals surface area contributed by atoms with Crippen molar-refractivity contribution in [3.05, 3.63) is 59.4 Å². The number of H-pyrrole nitrogens is 1. The molecular formula is C21H24N4O. The Hall–Kier alpha value is -2.82. The van der Waals surface area contributed by atoms with Crippen LogP contribution in [0.1, 0.15) is 16.7 Å². The molecule has 5 nitrogen and oxygen atoms in total. The number of carbonyl (C=O) groups is 1. The van der Waals surface area contributed by atoms with Crippen molar-refractivity contribution in [2.75, 3.05) is 31.1 Å². The van der Waals surface area contributed by atoms with Crippen molar-refractivity contribution in [1.29, 1.82) is 0 Å². The summed E-state index contributed by atoms with van der Waals surface area (Å²) in [5.74, 6) is 0.190. The van der Waals surface area contributed by atoms with Crippen LogP contribution in [0.3, 0.4) is 0 Å². The van der Waals surface area contributed by atoms with E-state index >= 15 is 0 Å². The number of hydrogen-bond acceptors (Lipinski definition) is 3. The predicted octanol–water partition coefficient (Wildman–Crippen LogP) is 3.07. The second-order valence-electron chi connectivity index (χ2n) is 7.05. The summed E-state index contributed by atoms with van der Waals surface area (Å²) < 4.78 is 0. The lowest BCUT2D eigenvalue weighted by atomic mass is 10.1. The highest BCUT2D eigenvalue weighted by molar-refractivity contribution is 5.87. The van der Waals surface area contributed by atoms with Crippen molar-refractivity contribution in [2.45, 2.75) is 20.3 Å². The first-order chi connectivity index (χ1) is 12.6. The standard InChI is InChI=1S/C21H24N4O/c1-15-5-6-16(2)19(12-15)24-8-10-25(11-9-24)20(26)13-17-14-23-21-18(17)4-3-7-22-21/h3-7,12,14H,8-11,13H2,1-2H3,(H,22,23). The van der Waals surface area contributed by atoms with Crippen LogP contribution in [0.25, 0.3) is 11.0 Å². The zero-order valence-electron chi connectivity index (χ0n) is 15.3. The summed E-state index contributed by atoms with van der Waals surface area (Å²) in [6, 6.07) is 10.5. The third-order valence-corrected chi connectivity index (χ3v) is 5.22. The molecule has 1 saturated heterocycles. The van der Waals surface area contributed by atoms with Crippen LogP contribution in [0.4, 0.5) is 5.69 Å². The summed E-state index contributed by atoms with van der Waals surface area (Å²) in [5.41, 5.74) is 5.73. The van der Waals surface area contributed by atoms with Crippen molar-refractivity contribution in [2.24, 2.45) is 0 Å². The zero-order valence-corrected chi connectivity index (χ0v) is 15.3. The van der Waals surface area contributed by atoms with Gasteiger partial charge in [0.2, 0.25) is 5.91 Å². The summed E-state index contributed by atoms with van der Waals surface area (Å²) in [7, 11) is 0. The van der Waals surface area contributed by atoms with Crippen LogP contribution in [0, 0.1) is 13.8 Å². The molecule has 1 aromatic carbocycles. The number of nitrogens with zero attached hydrogens (tertiary/aromatic N) is 3. The minimum atomic E-state index is 0.190. The Morgan fingerprint density at radius 2 is 1.96 bits per heavy atom. The van der Waals surface area contributed by atoms with Crippen molar-refractivity contribution in [3.63, 3.8) is 0 Å². The molecule has 0 aliphatic carbocycles. The van der Waals surface area contributed by atoms with Crippen LogP contribution >= 0.6 is 0 Å². The second-order valence-corrected chi connectivity index (χ2v) is 7.05. The SMILES string of the molecule is Cc1ccc(C)c(N2CCN(C(=O)Cc3c[nH]c4ncccc34)CC2)c1. The normalized spacial score (nSPS) is 14.8. The number of rotatable bonds is 3. The number of carbonyl (C=O) groups excluding carboxylic acids is 1. The Bertz CT molecular complexity index is 938. The Labute approximate surface area is 153 Å². The fourth-order valence-electron chi connectivity index (χ4n) is 3.69. The van der Waals surface area contributed by atoms with Gasteiger partial charge in [-0.2, -0.15) is 0 Å². The van der Waals surface area contributed by atoms with Gasteiger partial charge in [-0.1, -0.05) is 12.1 Å². The average molecular weight is 348 g/mol. The van der Waals surface area contributed by atoms with Crippen molar-refractivity contribution in [3.8, 4) is 0 Å². The van der Waals surface area contributed by atoms with E-state index in [0.717, 1.165) is 42.8 Å². The highest BCUT2D eigenvalue weighted by Crippen LogP contribution is 2.23. The topological polar surface area (TPSA) is 52.2 Å². The molecule has 2 aromatic heterocycles. The number of nitrogens with one attached hydrogen (secondary N) is 1. The largest absolute Gasteiger partial charge is 0.368 e. The Morgan fingerprint density at radius 1 is 1.15 bits per heavy atom. The first kappa shape index (κ1) is 16.6. The summed E-state index contributed by atoms with van der Waals surface area (Å²) in [6.45, 7) is 7.58. The Kier molecular flexibility index (Phi) is 4.37. The van der Waals surface area contributed by atoms with E-state index in [-0.39, 0.29) is 5.91 Å². The molecule has 1 amide bonds. The van der Waals surface area contributed by atoms with E-state index in [9.17, 15) is 4.79 Å². The average Bonchev–Trinajstić information content (AvgIpc) is 3.07. The highest BCUT2D eigenvalue weighted by Gasteiger charge is 2.23. The van der Waals surface area contributed by atoms with Gasteiger partial charge in [-0.15, -0.1) is 0 Å². The van der Waals surface area contributed by atoms with Crippen LogP contribution in [0.15, 0.2) is 42.7 Å². The molecule has 0 saturated carbocycles. The van der Waals surface area contributed by atoms with Gasteiger partial charge in [-0.3, -0.25) is 4.79 Å². The maximum absolute atomic E-state index is 12.7. The van der Waals surface area contributed by atoms with Crippen molar-refractivity contribution >= 4 is 22.6 Å². The van der Waals surface area contributed by atoms with E-state index in [0.29, 0.717) is 6.42 Å². The molecule has 5 heteroatoms. The number of aromatic nitrogens is 2. The molecule has 1 aliphatic rings. The van der Waals surface area contributed by atoms with Crippen LogP contribution in [-0.2, 0) is 11.2 Å². The second kappa shape index (κ2) is 6.83. The van der Waals surface area contributed by atoms with E-state index in [1.54, 1.807) is 6.20 Å². The van der Waals surface area contributed by atoms with Gasteiger partial charge in [0.15, 0.2) is 0 Å². The smallest absolute Gasteiger partial charge is 0.227 e. The number of benzene rings is 1. The number of amides is 1. The van der Waals surface area contributed by atoms with Crippen LogP contribution in [-0.4, -0.2) is 47.0 Å². The summed E-state index contributed by atoms with van der Waals surface area (Å²) >= 11 is 0. The van der Waals surface area contributed by atoms with Crippen LogP contribution < -0.4 is 4.90 Å². The lowest BCUT2D eigenvalue weighted by molar-refractivity contribution is -0.130. The van der Waals surface area contributed by atoms with Gasteiger partial charge in [-0.05, 0) is 48.7 Å². The van der Waals surface area contributed by atoms with Gasteiger partial charge in [0.1, 0.15) is 5.65 Å². The molecule has 26 heavy (non-hydrogen) atoms. The number of aryl methyl sites for hydroxylation is 2. The van der Waals surface area contributed by atoms with Gasteiger partial charge in [0.05, 0.1) is 6.42 Å². The van der Waals surface area contributed by atoms with Gasteiger partial charge in [0, 0.05) is 49.6 Å². The third kappa shape index (κ3) is 3.17. The van der Waals surface area contributed by atoms with Gasteiger partial charge in [-0.25, -0.2) is 4.98 Å². The van der Waals surface area contributed by atoms with E-state index < -0.39 is 0 Å². The summed E-state index contributed by atoms with van der Waals surface area (Å²) in [5, 5.41) is 1.04. The minimum absolute atomic E-state index is 0.190. The van der Waals surface area contributed by atoms with Gasteiger partial charge < -0.3 is 14.8 Å². The maximum atomic E-state index is 12.7. The number of hydrogen-bond donors (Lipinski definition) is 1. The van der Waals surface area contributed by atoms with Crippen LogP contribution in [0.2, 0.25) is 0 Å². The van der Waals surface area contributed by atoms with Crippen molar-refractivity contribution < 1.29 is 4.79 Å². The van der Waals surface area contributed by atoms with Gasteiger partial charge >= 0.3 is 0 Å². The first-order valence-electron chi connectivity index (χ1n) is 9.13. The van der Waals surface area contributed by atoms with E-state index in [1.807, 2.05) is 23.2 Å². The Morgan fingerprint density at radius 3 is 2.77 bits per heavy atom. The molecule has 0 radical (unpaired) electrons. The molecule has 0 bridgehead atoms. The number of anilines is 1. The molecule has 0 atom stereocenters. The molecule has 1 fully saturated rings. The summed E-state index contributed by atoms with van der Waals surface area (Å²) in [4.78, 5) is 24.6. The number of aromatic amines is 1. The zero-order chi connectivity index (χ0) is 18.1. The van der Waals surface area contributed by atoms with E-state index in [4.69, 9.17) is 0 Å². The number of pyridine rings is 1. The molecule has 3 heterocycles. The Balaban J connectivity index is 1.41. The quantitative estimate of drug-likeness (QED) is 0.791. The fraction of sp³-hybridized carbons (Fsp3) is 0.333. The highest BCUT2D eigenvalue weighted by atomic mass is 16.2. The molecule has 4 rings (SSSR count). The number of piperazine rings is 1. The molecule has 1 aliphatic heterocycles. The number of fused-ring (bicyclic) bond motifs is 1. The predicted molar refractivity (Wildman–Crippen MR) is 105 cm³/mol. The molecule has 1 N–H and O–H groups in total. The van der Waals surface area contributed by atoms with E-state index in [2.05, 4.69) is 46.9 Å². The monoisotopic (exact) mass is 348 g/mol. The van der Waals surface area contributed by atoms with E-state index in [1.165, 1.54) is 16.8 Å². The van der Waals surface area contributed by atoms with Gasteiger partial charge in [0.25, 0.3) is 0 Å². The molecular weight excluding hydrogens is 324 g/mol.